The normalized spacial score (nSPS) is 30.3. The fraction of sp³-hybridized carbons (Fsp3) is 0.417. The lowest BCUT2D eigenvalue weighted by Crippen LogP contribution is -2.31. The summed E-state index contributed by atoms with van der Waals surface area (Å²) in [6.07, 6.45) is 0. The minimum Gasteiger partial charge on any atom is -0.347 e. The summed E-state index contributed by atoms with van der Waals surface area (Å²) in [5.41, 5.74) is 8.30. The van der Waals surface area contributed by atoms with Crippen LogP contribution in [-0.2, 0) is 4.79 Å². The summed E-state index contributed by atoms with van der Waals surface area (Å²) in [7, 11) is 0. The number of hydrogen-bond donors (Lipinski definition) is 2. The highest BCUT2D eigenvalue weighted by molar-refractivity contribution is 5.82. The number of carbonyl (C=O) groups is 1. The Morgan fingerprint density at radius 3 is 2.67 bits per heavy atom. The van der Waals surface area contributed by atoms with Gasteiger partial charge in [-0.05, 0) is 12.5 Å². The third-order valence-corrected chi connectivity index (χ3v) is 3.07. The number of carbonyl (C=O) groups excluding carboxylic acids is 1. The molecule has 2 rings (SSSR count). The number of aryl methyl sites for hydroxylation is 1. The molecule has 1 aromatic rings. The van der Waals surface area contributed by atoms with E-state index in [1.807, 2.05) is 32.0 Å². The van der Waals surface area contributed by atoms with E-state index in [1.165, 1.54) is 5.56 Å². The van der Waals surface area contributed by atoms with Crippen LogP contribution in [0.3, 0.4) is 0 Å². The van der Waals surface area contributed by atoms with E-state index in [0.717, 1.165) is 5.56 Å². The molecule has 3 N–H and O–H groups in total. The van der Waals surface area contributed by atoms with Crippen LogP contribution in [0.2, 0.25) is 0 Å². The Morgan fingerprint density at radius 1 is 1.40 bits per heavy atom. The molecule has 1 saturated heterocycles. The van der Waals surface area contributed by atoms with Crippen molar-refractivity contribution < 1.29 is 4.79 Å². The van der Waals surface area contributed by atoms with Crippen LogP contribution in [0.15, 0.2) is 24.3 Å². The highest BCUT2D eigenvalue weighted by atomic mass is 16.2. The van der Waals surface area contributed by atoms with Crippen molar-refractivity contribution in [1.29, 1.82) is 0 Å². The van der Waals surface area contributed by atoms with Gasteiger partial charge in [-0.15, -0.1) is 0 Å². The van der Waals surface area contributed by atoms with Crippen molar-refractivity contribution in [2.45, 2.75) is 25.9 Å². The lowest BCUT2D eigenvalue weighted by atomic mass is 9.95. The van der Waals surface area contributed by atoms with Gasteiger partial charge in [0.1, 0.15) is 0 Å². The molecule has 1 aliphatic rings. The van der Waals surface area contributed by atoms with Crippen LogP contribution < -0.4 is 11.1 Å². The first-order valence-electron chi connectivity index (χ1n) is 5.22. The molecule has 1 aliphatic heterocycles. The van der Waals surface area contributed by atoms with Gasteiger partial charge in [-0.2, -0.15) is 0 Å². The van der Waals surface area contributed by atoms with Crippen LogP contribution in [0.1, 0.15) is 24.1 Å². The highest BCUT2D eigenvalue weighted by Gasteiger charge is 2.37. The SMILES string of the molecule is Cc1cccc(C2NC(=O)C(C)C2N)c1. The zero-order valence-corrected chi connectivity index (χ0v) is 9.03. The molecule has 3 nitrogen and oxygen atoms in total. The molecule has 80 valence electrons. The van der Waals surface area contributed by atoms with Crippen LogP contribution in [0.5, 0.6) is 0 Å². The lowest BCUT2D eigenvalue weighted by Gasteiger charge is -2.17. The Bertz CT molecular complexity index is 389. The molecule has 3 atom stereocenters. The smallest absolute Gasteiger partial charge is 0.225 e. The molecule has 3 unspecified atom stereocenters. The maximum atomic E-state index is 11.5. The molecule has 0 bridgehead atoms. The minimum atomic E-state index is -0.126. The largest absolute Gasteiger partial charge is 0.347 e. The molecule has 0 saturated carbocycles. The molecule has 0 radical (unpaired) electrons. The van der Waals surface area contributed by atoms with Gasteiger partial charge in [0.2, 0.25) is 5.91 Å². The Labute approximate surface area is 89.7 Å². The fourth-order valence-corrected chi connectivity index (χ4v) is 2.01. The van der Waals surface area contributed by atoms with E-state index in [4.69, 9.17) is 5.73 Å². The van der Waals surface area contributed by atoms with Gasteiger partial charge in [-0.3, -0.25) is 4.79 Å². The monoisotopic (exact) mass is 204 g/mol. The molecule has 1 fully saturated rings. The molecule has 1 aromatic carbocycles. The summed E-state index contributed by atoms with van der Waals surface area (Å²) in [5.74, 6) is -0.0514. The molecular formula is C12H16N2O. The average molecular weight is 204 g/mol. The fourth-order valence-electron chi connectivity index (χ4n) is 2.01. The van der Waals surface area contributed by atoms with Crippen molar-refractivity contribution in [3.05, 3.63) is 35.4 Å². The number of amides is 1. The molecule has 1 heterocycles. The van der Waals surface area contributed by atoms with Crippen LogP contribution in [0, 0.1) is 12.8 Å². The van der Waals surface area contributed by atoms with Gasteiger partial charge in [0.05, 0.1) is 12.0 Å². The first-order valence-corrected chi connectivity index (χ1v) is 5.22. The van der Waals surface area contributed by atoms with Crippen LogP contribution >= 0.6 is 0 Å². The summed E-state index contributed by atoms with van der Waals surface area (Å²) in [6, 6.07) is 7.95. The van der Waals surface area contributed by atoms with E-state index < -0.39 is 0 Å². The Hall–Kier alpha value is -1.35. The first kappa shape index (κ1) is 10.2. The summed E-state index contributed by atoms with van der Waals surface area (Å²) in [5, 5.41) is 2.93. The number of hydrogen-bond acceptors (Lipinski definition) is 2. The Morgan fingerprint density at radius 2 is 2.13 bits per heavy atom. The minimum absolute atomic E-state index is 0.0348. The Kier molecular flexibility index (Phi) is 2.49. The van der Waals surface area contributed by atoms with E-state index in [2.05, 4.69) is 11.4 Å². The number of nitrogens with two attached hydrogens (primary N) is 1. The third-order valence-electron chi connectivity index (χ3n) is 3.07. The second kappa shape index (κ2) is 3.66. The molecule has 0 aromatic heterocycles. The van der Waals surface area contributed by atoms with Crippen molar-refractivity contribution in [3.8, 4) is 0 Å². The first-order chi connectivity index (χ1) is 7.09. The third kappa shape index (κ3) is 1.75. The van der Waals surface area contributed by atoms with Gasteiger partial charge in [0.25, 0.3) is 0 Å². The molecule has 1 amide bonds. The maximum absolute atomic E-state index is 11.5. The van der Waals surface area contributed by atoms with Gasteiger partial charge >= 0.3 is 0 Å². The topological polar surface area (TPSA) is 55.1 Å². The summed E-state index contributed by atoms with van der Waals surface area (Å²) >= 11 is 0. The van der Waals surface area contributed by atoms with Gasteiger partial charge in [-0.25, -0.2) is 0 Å². The van der Waals surface area contributed by atoms with Gasteiger partial charge in [-0.1, -0.05) is 36.8 Å². The second-order valence-electron chi connectivity index (χ2n) is 4.27. The van der Waals surface area contributed by atoms with Crippen LogP contribution in [0.25, 0.3) is 0 Å². The number of rotatable bonds is 1. The molecule has 0 aliphatic carbocycles. The van der Waals surface area contributed by atoms with E-state index in [9.17, 15) is 4.79 Å². The Balaban J connectivity index is 2.29. The van der Waals surface area contributed by atoms with Crippen molar-refractivity contribution in [1.82, 2.24) is 5.32 Å². The van der Waals surface area contributed by atoms with E-state index in [1.54, 1.807) is 0 Å². The van der Waals surface area contributed by atoms with Crippen LogP contribution in [-0.4, -0.2) is 11.9 Å². The zero-order valence-electron chi connectivity index (χ0n) is 9.03. The summed E-state index contributed by atoms with van der Waals surface area (Å²) in [4.78, 5) is 11.5. The molecule has 3 heteroatoms. The second-order valence-corrected chi connectivity index (χ2v) is 4.27. The molecule has 0 spiro atoms. The van der Waals surface area contributed by atoms with E-state index >= 15 is 0 Å². The predicted octanol–water partition coefficient (Wildman–Crippen LogP) is 1.13. The molecule has 15 heavy (non-hydrogen) atoms. The number of benzene rings is 1. The van der Waals surface area contributed by atoms with Crippen molar-refractivity contribution in [2.24, 2.45) is 11.7 Å². The van der Waals surface area contributed by atoms with Crippen molar-refractivity contribution >= 4 is 5.91 Å². The quantitative estimate of drug-likeness (QED) is 0.720. The lowest BCUT2D eigenvalue weighted by molar-refractivity contribution is -0.122. The van der Waals surface area contributed by atoms with E-state index in [-0.39, 0.29) is 23.9 Å². The van der Waals surface area contributed by atoms with E-state index in [0.29, 0.717) is 0 Å². The molecular weight excluding hydrogens is 188 g/mol. The summed E-state index contributed by atoms with van der Waals surface area (Å²) < 4.78 is 0. The average Bonchev–Trinajstić information content (AvgIpc) is 2.46. The van der Waals surface area contributed by atoms with Gasteiger partial charge < -0.3 is 11.1 Å². The highest BCUT2D eigenvalue weighted by Crippen LogP contribution is 2.27. The standard InChI is InChI=1S/C12H16N2O/c1-7-4-3-5-9(6-7)11-10(13)8(2)12(15)14-11/h3-6,8,10-11H,13H2,1-2H3,(H,14,15). The maximum Gasteiger partial charge on any atom is 0.225 e. The van der Waals surface area contributed by atoms with Crippen LogP contribution in [0.4, 0.5) is 0 Å². The van der Waals surface area contributed by atoms with Crippen molar-refractivity contribution in [3.63, 3.8) is 0 Å². The summed E-state index contributed by atoms with van der Waals surface area (Å²) in [6.45, 7) is 3.91. The number of nitrogens with one attached hydrogen (secondary N) is 1. The van der Waals surface area contributed by atoms with Gasteiger partial charge in [0.15, 0.2) is 0 Å². The van der Waals surface area contributed by atoms with Crippen molar-refractivity contribution in [2.75, 3.05) is 0 Å². The predicted molar refractivity (Wildman–Crippen MR) is 59.2 cm³/mol. The van der Waals surface area contributed by atoms with Gasteiger partial charge in [0, 0.05) is 6.04 Å². The zero-order chi connectivity index (χ0) is 11.0.